The molecular formula is C22H22N2O2. The molecule has 0 aliphatic heterocycles. The Bertz CT molecular complexity index is 828. The molecule has 132 valence electrons. The van der Waals surface area contributed by atoms with Gasteiger partial charge in [-0.05, 0) is 48.9 Å². The predicted molar refractivity (Wildman–Crippen MR) is 106 cm³/mol. The summed E-state index contributed by atoms with van der Waals surface area (Å²) in [5.41, 5.74) is 4.12. The van der Waals surface area contributed by atoms with E-state index in [2.05, 4.69) is 22.8 Å². The van der Waals surface area contributed by atoms with Gasteiger partial charge in [-0.15, -0.1) is 0 Å². The minimum Gasteiger partial charge on any atom is -0.484 e. The number of amides is 1. The fraction of sp³-hybridized carbons (Fsp3) is 0.136. The largest absolute Gasteiger partial charge is 0.484 e. The van der Waals surface area contributed by atoms with Crippen LogP contribution in [0.25, 0.3) is 0 Å². The number of carbonyl (C=O) groups is 1. The molecule has 26 heavy (non-hydrogen) atoms. The predicted octanol–water partition coefficient (Wildman–Crippen LogP) is 4.62. The second kappa shape index (κ2) is 8.72. The van der Waals surface area contributed by atoms with Crippen LogP contribution in [0.1, 0.15) is 11.1 Å². The summed E-state index contributed by atoms with van der Waals surface area (Å²) < 4.78 is 5.48. The molecular weight excluding hydrogens is 324 g/mol. The van der Waals surface area contributed by atoms with Crippen LogP contribution in [0.3, 0.4) is 0 Å². The maximum absolute atomic E-state index is 12.0. The van der Waals surface area contributed by atoms with E-state index in [0.29, 0.717) is 5.75 Å². The van der Waals surface area contributed by atoms with E-state index in [0.717, 1.165) is 23.5 Å². The molecule has 0 aromatic heterocycles. The van der Waals surface area contributed by atoms with E-state index in [9.17, 15) is 4.79 Å². The molecule has 3 rings (SSSR count). The maximum atomic E-state index is 12.0. The van der Waals surface area contributed by atoms with E-state index in [4.69, 9.17) is 4.74 Å². The highest BCUT2D eigenvalue weighted by molar-refractivity contribution is 5.92. The van der Waals surface area contributed by atoms with E-state index < -0.39 is 0 Å². The molecule has 0 saturated carbocycles. The first-order valence-corrected chi connectivity index (χ1v) is 8.56. The molecule has 0 fully saturated rings. The zero-order valence-corrected chi connectivity index (χ0v) is 14.7. The first-order valence-electron chi connectivity index (χ1n) is 8.56. The Hall–Kier alpha value is -3.27. The van der Waals surface area contributed by atoms with Crippen LogP contribution in [-0.2, 0) is 11.3 Å². The summed E-state index contributed by atoms with van der Waals surface area (Å²) in [5.74, 6) is 0.502. The number of carbonyl (C=O) groups excluding carboxylic acids is 1. The van der Waals surface area contributed by atoms with Crippen LogP contribution in [0.15, 0.2) is 78.9 Å². The molecule has 4 nitrogen and oxygen atoms in total. The molecule has 2 N–H and O–H groups in total. The lowest BCUT2D eigenvalue weighted by molar-refractivity contribution is -0.118. The van der Waals surface area contributed by atoms with E-state index in [1.54, 1.807) is 0 Å². The smallest absolute Gasteiger partial charge is 0.262 e. The molecule has 3 aromatic rings. The molecule has 0 bridgehead atoms. The highest BCUT2D eigenvalue weighted by atomic mass is 16.5. The minimum absolute atomic E-state index is 0.0168. The van der Waals surface area contributed by atoms with Gasteiger partial charge in [0, 0.05) is 17.9 Å². The molecule has 0 aliphatic carbocycles. The summed E-state index contributed by atoms with van der Waals surface area (Å²) in [6.45, 7) is 2.75. The minimum atomic E-state index is -0.185. The molecule has 0 radical (unpaired) electrons. The summed E-state index contributed by atoms with van der Waals surface area (Å²) in [6, 6.07) is 25.5. The van der Waals surface area contributed by atoms with Gasteiger partial charge in [-0.1, -0.05) is 48.0 Å². The van der Waals surface area contributed by atoms with Gasteiger partial charge < -0.3 is 15.4 Å². The van der Waals surface area contributed by atoms with Crippen molar-refractivity contribution in [1.82, 2.24) is 0 Å². The molecule has 0 aliphatic rings. The van der Waals surface area contributed by atoms with Gasteiger partial charge in [-0.2, -0.15) is 0 Å². The highest BCUT2D eigenvalue weighted by Crippen LogP contribution is 2.15. The van der Waals surface area contributed by atoms with Crippen LogP contribution in [-0.4, -0.2) is 12.5 Å². The normalized spacial score (nSPS) is 10.2. The summed E-state index contributed by atoms with van der Waals surface area (Å²) in [7, 11) is 0. The molecule has 0 heterocycles. The molecule has 0 unspecified atom stereocenters. The van der Waals surface area contributed by atoms with Crippen molar-refractivity contribution in [2.45, 2.75) is 13.5 Å². The van der Waals surface area contributed by atoms with Gasteiger partial charge in [0.25, 0.3) is 5.91 Å². The Labute approximate surface area is 153 Å². The molecule has 1 amide bonds. The second-order valence-corrected chi connectivity index (χ2v) is 6.07. The third-order valence-electron chi connectivity index (χ3n) is 3.90. The number of nitrogens with one attached hydrogen (secondary N) is 2. The lowest BCUT2D eigenvalue weighted by Crippen LogP contribution is -2.20. The van der Waals surface area contributed by atoms with E-state index in [1.165, 1.54) is 5.56 Å². The van der Waals surface area contributed by atoms with Gasteiger partial charge >= 0.3 is 0 Å². The fourth-order valence-corrected chi connectivity index (χ4v) is 2.45. The zero-order chi connectivity index (χ0) is 18.2. The SMILES string of the molecule is Cc1ccc(OCC(=O)Nc2ccc(NCc3ccccc3)cc2)cc1. The number of hydrogen-bond acceptors (Lipinski definition) is 3. The Balaban J connectivity index is 1.45. The average molecular weight is 346 g/mol. The lowest BCUT2D eigenvalue weighted by atomic mass is 10.2. The van der Waals surface area contributed by atoms with Gasteiger partial charge in [0.2, 0.25) is 0 Å². The van der Waals surface area contributed by atoms with Gasteiger partial charge in [-0.25, -0.2) is 0 Å². The number of anilines is 2. The van der Waals surface area contributed by atoms with E-state index in [1.807, 2.05) is 73.7 Å². The maximum Gasteiger partial charge on any atom is 0.262 e. The van der Waals surface area contributed by atoms with Crippen molar-refractivity contribution < 1.29 is 9.53 Å². The highest BCUT2D eigenvalue weighted by Gasteiger charge is 2.04. The fourth-order valence-electron chi connectivity index (χ4n) is 2.45. The second-order valence-electron chi connectivity index (χ2n) is 6.07. The van der Waals surface area contributed by atoms with Crippen LogP contribution in [0, 0.1) is 6.92 Å². The number of aryl methyl sites for hydroxylation is 1. The molecule has 4 heteroatoms. The summed E-state index contributed by atoms with van der Waals surface area (Å²) in [5, 5.41) is 6.19. The Morgan fingerprint density at radius 3 is 2.19 bits per heavy atom. The first kappa shape index (κ1) is 17.5. The number of benzene rings is 3. The van der Waals surface area contributed by atoms with Gasteiger partial charge in [-0.3, -0.25) is 4.79 Å². The van der Waals surface area contributed by atoms with Crippen molar-refractivity contribution >= 4 is 17.3 Å². The Morgan fingerprint density at radius 1 is 0.846 bits per heavy atom. The van der Waals surface area contributed by atoms with Gasteiger partial charge in [0.1, 0.15) is 5.75 Å². The van der Waals surface area contributed by atoms with Crippen molar-refractivity contribution in [3.63, 3.8) is 0 Å². The number of hydrogen-bond donors (Lipinski definition) is 2. The standard InChI is InChI=1S/C22H22N2O2/c1-17-7-13-21(14-8-17)26-16-22(25)24-20-11-9-19(10-12-20)23-15-18-5-3-2-4-6-18/h2-14,23H,15-16H2,1H3,(H,24,25). The number of rotatable bonds is 7. The van der Waals surface area contributed by atoms with E-state index >= 15 is 0 Å². The van der Waals surface area contributed by atoms with Crippen LogP contribution in [0.5, 0.6) is 5.75 Å². The van der Waals surface area contributed by atoms with Crippen molar-refractivity contribution in [1.29, 1.82) is 0 Å². The lowest BCUT2D eigenvalue weighted by Gasteiger charge is -2.10. The summed E-state index contributed by atoms with van der Waals surface area (Å²) in [6.07, 6.45) is 0. The van der Waals surface area contributed by atoms with Crippen LogP contribution < -0.4 is 15.4 Å². The van der Waals surface area contributed by atoms with Crippen LogP contribution in [0.4, 0.5) is 11.4 Å². The van der Waals surface area contributed by atoms with Crippen LogP contribution in [0.2, 0.25) is 0 Å². The van der Waals surface area contributed by atoms with Gasteiger partial charge in [0.15, 0.2) is 6.61 Å². The van der Waals surface area contributed by atoms with Crippen molar-refractivity contribution in [2.75, 3.05) is 17.2 Å². The zero-order valence-electron chi connectivity index (χ0n) is 14.7. The Morgan fingerprint density at radius 2 is 1.50 bits per heavy atom. The summed E-state index contributed by atoms with van der Waals surface area (Å²) in [4.78, 5) is 12.0. The van der Waals surface area contributed by atoms with Crippen molar-refractivity contribution in [3.8, 4) is 5.75 Å². The number of ether oxygens (including phenoxy) is 1. The first-order chi connectivity index (χ1) is 12.7. The molecule has 0 saturated heterocycles. The van der Waals surface area contributed by atoms with E-state index in [-0.39, 0.29) is 12.5 Å². The van der Waals surface area contributed by atoms with Crippen LogP contribution >= 0.6 is 0 Å². The Kier molecular flexibility index (Phi) is 5.88. The third kappa shape index (κ3) is 5.38. The molecule has 0 atom stereocenters. The topological polar surface area (TPSA) is 50.4 Å². The van der Waals surface area contributed by atoms with Crippen molar-refractivity contribution in [2.24, 2.45) is 0 Å². The summed E-state index contributed by atoms with van der Waals surface area (Å²) >= 11 is 0. The third-order valence-corrected chi connectivity index (χ3v) is 3.90. The average Bonchev–Trinajstić information content (AvgIpc) is 2.68. The molecule has 3 aromatic carbocycles. The molecule has 0 spiro atoms. The van der Waals surface area contributed by atoms with Crippen molar-refractivity contribution in [3.05, 3.63) is 90.0 Å². The monoisotopic (exact) mass is 346 g/mol. The quantitative estimate of drug-likeness (QED) is 0.656. The van der Waals surface area contributed by atoms with Gasteiger partial charge in [0.05, 0.1) is 0 Å².